The Labute approximate surface area is 150 Å². The first-order chi connectivity index (χ1) is 11.4. The molecule has 2 heterocycles. The van der Waals surface area contributed by atoms with Gasteiger partial charge in [0.15, 0.2) is 0 Å². The number of pyridine rings is 1. The van der Waals surface area contributed by atoms with Gasteiger partial charge in [0, 0.05) is 16.9 Å². The number of fused-ring (bicyclic) bond motifs is 1. The largest absolute Gasteiger partial charge is 0.478 e. The van der Waals surface area contributed by atoms with Gasteiger partial charge in [-0.3, -0.25) is 4.79 Å². The topological polar surface area (TPSA) is 83.7 Å². The van der Waals surface area contributed by atoms with E-state index in [4.69, 9.17) is 11.6 Å². The summed E-state index contributed by atoms with van der Waals surface area (Å²) in [6.45, 7) is 0. The van der Waals surface area contributed by atoms with Crippen molar-refractivity contribution in [3.05, 3.63) is 63.5 Å². The Bertz CT molecular complexity index is 955. The van der Waals surface area contributed by atoms with E-state index in [9.17, 15) is 14.7 Å². The van der Waals surface area contributed by atoms with Gasteiger partial charge in [-0.15, -0.1) is 0 Å². The van der Waals surface area contributed by atoms with Gasteiger partial charge in [-0.1, -0.05) is 27.5 Å². The van der Waals surface area contributed by atoms with Gasteiger partial charge >= 0.3 is 5.97 Å². The van der Waals surface area contributed by atoms with Crippen molar-refractivity contribution in [2.24, 2.45) is 0 Å². The van der Waals surface area contributed by atoms with Crippen molar-refractivity contribution in [3.8, 4) is 0 Å². The summed E-state index contributed by atoms with van der Waals surface area (Å²) in [5.41, 5.74) is 1.49. The Kier molecular flexibility index (Phi) is 4.55. The van der Waals surface area contributed by atoms with Crippen LogP contribution in [-0.2, 0) is 11.2 Å². The highest BCUT2D eigenvalue weighted by Crippen LogP contribution is 2.21. The number of carbonyl (C=O) groups excluding carboxylic acids is 1. The van der Waals surface area contributed by atoms with Gasteiger partial charge in [-0.25, -0.2) is 9.78 Å². The van der Waals surface area contributed by atoms with Gasteiger partial charge in [0.25, 0.3) is 0 Å². The van der Waals surface area contributed by atoms with E-state index in [0.717, 1.165) is 0 Å². The number of imidazole rings is 1. The SMILES string of the molecule is O=C(Cc1cn2cc(Cl)ccc2n1)Nc1ccc(Br)cc1C(=O)O. The molecule has 0 aliphatic heterocycles. The van der Waals surface area contributed by atoms with Crippen LogP contribution in [-0.4, -0.2) is 26.4 Å². The highest BCUT2D eigenvalue weighted by atomic mass is 79.9. The standard InChI is InChI=1S/C16H11BrClN3O3/c17-9-1-3-13(12(5-9)16(23)24)20-15(22)6-11-8-21-7-10(18)2-4-14(21)19-11/h1-5,7-8H,6H2,(H,20,22)(H,23,24). The molecule has 122 valence electrons. The maximum Gasteiger partial charge on any atom is 0.337 e. The Morgan fingerprint density at radius 2 is 2.04 bits per heavy atom. The van der Waals surface area contributed by atoms with E-state index in [-0.39, 0.29) is 23.6 Å². The average molecular weight is 409 g/mol. The molecule has 1 aromatic carbocycles. The number of carboxylic acid groups (broad SMARTS) is 1. The van der Waals surface area contributed by atoms with Crippen molar-refractivity contribution in [1.29, 1.82) is 0 Å². The molecule has 0 radical (unpaired) electrons. The minimum Gasteiger partial charge on any atom is -0.478 e. The lowest BCUT2D eigenvalue weighted by atomic mass is 10.1. The summed E-state index contributed by atoms with van der Waals surface area (Å²) in [6.07, 6.45) is 3.43. The molecule has 0 aliphatic rings. The Morgan fingerprint density at radius 3 is 2.79 bits per heavy atom. The number of carboxylic acids is 1. The smallest absolute Gasteiger partial charge is 0.337 e. The molecule has 1 amide bonds. The number of carbonyl (C=O) groups is 2. The fourth-order valence-corrected chi connectivity index (χ4v) is 2.79. The highest BCUT2D eigenvalue weighted by Gasteiger charge is 2.14. The summed E-state index contributed by atoms with van der Waals surface area (Å²) in [7, 11) is 0. The summed E-state index contributed by atoms with van der Waals surface area (Å²) in [5.74, 6) is -1.47. The van der Waals surface area contributed by atoms with Crippen molar-refractivity contribution in [2.45, 2.75) is 6.42 Å². The second kappa shape index (κ2) is 6.62. The number of nitrogens with zero attached hydrogens (tertiary/aromatic N) is 2. The number of rotatable bonds is 4. The van der Waals surface area contributed by atoms with Gasteiger partial charge in [0.2, 0.25) is 5.91 Å². The summed E-state index contributed by atoms with van der Waals surface area (Å²) in [4.78, 5) is 27.8. The van der Waals surface area contributed by atoms with Crippen LogP contribution in [0.1, 0.15) is 16.1 Å². The van der Waals surface area contributed by atoms with Gasteiger partial charge in [-0.2, -0.15) is 0 Å². The Balaban J connectivity index is 1.79. The molecule has 6 nitrogen and oxygen atoms in total. The zero-order valence-electron chi connectivity index (χ0n) is 12.2. The average Bonchev–Trinajstić information content (AvgIpc) is 2.89. The second-order valence-corrected chi connectivity index (χ2v) is 6.42. The second-order valence-electron chi connectivity index (χ2n) is 5.07. The van der Waals surface area contributed by atoms with E-state index in [1.54, 1.807) is 35.0 Å². The van der Waals surface area contributed by atoms with Crippen molar-refractivity contribution in [2.75, 3.05) is 5.32 Å². The van der Waals surface area contributed by atoms with Crippen molar-refractivity contribution in [3.63, 3.8) is 0 Å². The molecule has 0 saturated carbocycles. The van der Waals surface area contributed by atoms with Gasteiger partial charge < -0.3 is 14.8 Å². The van der Waals surface area contributed by atoms with Crippen LogP contribution in [0.15, 0.2) is 47.2 Å². The number of benzene rings is 1. The zero-order valence-corrected chi connectivity index (χ0v) is 14.5. The molecule has 2 aromatic heterocycles. The number of hydrogen-bond acceptors (Lipinski definition) is 3. The van der Waals surface area contributed by atoms with E-state index in [2.05, 4.69) is 26.2 Å². The fraction of sp³-hybridized carbons (Fsp3) is 0.0625. The van der Waals surface area contributed by atoms with Crippen LogP contribution in [0, 0.1) is 0 Å². The predicted octanol–water partition coefficient (Wildman–Crippen LogP) is 3.63. The monoisotopic (exact) mass is 407 g/mol. The van der Waals surface area contributed by atoms with Crippen LogP contribution < -0.4 is 5.32 Å². The third-order valence-corrected chi connectivity index (χ3v) is 4.01. The molecule has 3 aromatic rings. The molecule has 0 fully saturated rings. The van der Waals surface area contributed by atoms with E-state index in [1.165, 1.54) is 12.1 Å². The van der Waals surface area contributed by atoms with Crippen molar-refractivity contribution < 1.29 is 14.7 Å². The summed E-state index contributed by atoms with van der Waals surface area (Å²) >= 11 is 9.12. The molecule has 0 atom stereocenters. The molecule has 0 saturated heterocycles. The van der Waals surface area contributed by atoms with Gasteiger partial charge in [0.1, 0.15) is 5.65 Å². The molecule has 3 rings (SSSR count). The van der Waals surface area contributed by atoms with E-state index < -0.39 is 5.97 Å². The lowest BCUT2D eigenvalue weighted by molar-refractivity contribution is -0.115. The first-order valence-corrected chi connectivity index (χ1v) is 8.05. The highest BCUT2D eigenvalue weighted by molar-refractivity contribution is 9.10. The zero-order chi connectivity index (χ0) is 17.3. The number of aromatic nitrogens is 2. The van der Waals surface area contributed by atoms with E-state index >= 15 is 0 Å². The van der Waals surface area contributed by atoms with E-state index in [0.29, 0.717) is 20.8 Å². The molecule has 0 aliphatic carbocycles. The van der Waals surface area contributed by atoms with Gasteiger partial charge in [-0.05, 0) is 30.3 Å². The third-order valence-electron chi connectivity index (χ3n) is 3.29. The molecular weight excluding hydrogens is 398 g/mol. The lowest BCUT2D eigenvalue weighted by Gasteiger charge is -2.08. The third kappa shape index (κ3) is 3.58. The predicted molar refractivity (Wildman–Crippen MR) is 93.6 cm³/mol. The maximum atomic E-state index is 12.2. The van der Waals surface area contributed by atoms with Crippen molar-refractivity contribution >= 4 is 50.7 Å². The molecule has 24 heavy (non-hydrogen) atoms. The number of aromatic carboxylic acids is 1. The van der Waals surface area contributed by atoms with Crippen LogP contribution in [0.25, 0.3) is 5.65 Å². The summed E-state index contributed by atoms with van der Waals surface area (Å²) < 4.78 is 2.35. The molecule has 8 heteroatoms. The van der Waals surface area contributed by atoms with Crippen LogP contribution in [0.4, 0.5) is 5.69 Å². The fourth-order valence-electron chi connectivity index (χ4n) is 2.26. The molecule has 0 unspecified atom stereocenters. The number of hydrogen-bond donors (Lipinski definition) is 2. The molecule has 0 spiro atoms. The van der Waals surface area contributed by atoms with Gasteiger partial charge in [0.05, 0.1) is 28.4 Å². The normalized spacial score (nSPS) is 10.8. The minimum atomic E-state index is -1.12. The summed E-state index contributed by atoms with van der Waals surface area (Å²) in [5, 5.41) is 12.4. The number of halogens is 2. The van der Waals surface area contributed by atoms with Crippen LogP contribution in [0.2, 0.25) is 5.02 Å². The number of nitrogens with one attached hydrogen (secondary N) is 1. The summed E-state index contributed by atoms with van der Waals surface area (Å²) in [6, 6.07) is 8.10. The Morgan fingerprint density at radius 1 is 1.25 bits per heavy atom. The first kappa shape index (κ1) is 16.5. The van der Waals surface area contributed by atoms with E-state index in [1.807, 2.05) is 0 Å². The Hall–Kier alpha value is -2.38. The van der Waals surface area contributed by atoms with Crippen LogP contribution >= 0.6 is 27.5 Å². The minimum absolute atomic E-state index is 0.0134. The quantitative estimate of drug-likeness (QED) is 0.690. The van der Waals surface area contributed by atoms with Crippen molar-refractivity contribution in [1.82, 2.24) is 9.38 Å². The molecular formula is C16H11BrClN3O3. The van der Waals surface area contributed by atoms with Crippen LogP contribution in [0.3, 0.4) is 0 Å². The van der Waals surface area contributed by atoms with Crippen LogP contribution in [0.5, 0.6) is 0 Å². The molecule has 0 bridgehead atoms. The number of anilines is 1. The molecule has 2 N–H and O–H groups in total. The number of amides is 1. The first-order valence-electron chi connectivity index (χ1n) is 6.88. The lowest BCUT2D eigenvalue weighted by Crippen LogP contribution is -2.17. The maximum absolute atomic E-state index is 12.2.